The minimum absolute atomic E-state index is 0.0394. The van der Waals surface area contributed by atoms with Gasteiger partial charge in [-0.2, -0.15) is 0 Å². The number of amides is 1. The molecule has 0 saturated carbocycles. The van der Waals surface area contributed by atoms with Crippen LogP contribution in [-0.2, 0) is 17.8 Å². The zero-order valence-corrected chi connectivity index (χ0v) is 18.4. The molecule has 5 aromatic rings. The van der Waals surface area contributed by atoms with Crippen LogP contribution in [0.25, 0.3) is 22.0 Å². The van der Waals surface area contributed by atoms with Gasteiger partial charge in [0.25, 0.3) is 0 Å². The Morgan fingerprint density at radius 3 is 2.52 bits per heavy atom. The number of nitrogens with one attached hydrogen (secondary N) is 1. The molecule has 0 unspecified atom stereocenters. The van der Waals surface area contributed by atoms with E-state index >= 15 is 0 Å². The quantitative estimate of drug-likeness (QED) is 0.371. The summed E-state index contributed by atoms with van der Waals surface area (Å²) in [5, 5.41) is 2.57. The van der Waals surface area contributed by atoms with E-state index in [1.54, 1.807) is 36.0 Å². The average molecular weight is 454 g/mol. The van der Waals surface area contributed by atoms with Crippen LogP contribution in [0.4, 0.5) is 5.69 Å². The number of H-pyrrole nitrogens is 1. The Hall–Kier alpha value is -4.03. The van der Waals surface area contributed by atoms with E-state index in [9.17, 15) is 4.79 Å². The second-order valence-corrected chi connectivity index (χ2v) is 8.14. The Kier molecular flexibility index (Phi) is 5.83. The Morgan fingerprint density at radius 2 is 1.73 bits per heavy atom. The van der Waals surface area contributed by atoms with Gasteiger partial charge in [-0.25, -0.2) is 4.98 Å². The fraction of sp³-hybridized carbons (Fsp3) is 0.0769. The normalized spacial score (nSPS) is 10.9. The summed E-state index contributed by atoms with van der Waals surface area (Å²) < 4.78 is 0. The van der Waals surface area contributed by atoms with Gasteiger partial charge in [-0.3, -0.25) is 14.8 Å². The Balaban J connectivity index is 1.48. The van der Waals surface area contributed by atoms with E-state index in [2.05, 4.69) is 19.9 Å². The maximum atomic E-state index is 13.6. The lowest BCUT2D eigenvalue weighted by Crippen LogP contribution is -2.32. The maximum absolute atomic E-state index is 13.6. The van der Waals surface area contributed by atoms with E-state index < -0.39 is 0 Å². The zero-order chi connectivity index (χ0) is 22.6. The van der Waals surface area contributed by atoms with Crippen LogP contribution >= 0.6 is 11.6 Å². The number of hydrogen-bond donors (Lipinski definition) is 1. The molecule has 33 heavy (non-hydrogen) atoms. The first-order valence-electron chi connectivity index (χ1n) is 10.5. The number of aromatic amines is 1. The van der Waals surface area contributed by atoms with Gasteiger partial charge in [-0.15, -0.1) is 0 Å². The standard InChI is InChI=1S/C26H20ClN5O/c27-22-9-18(11-28-14-22)16-32(23-7-5-19(6-8-23)25-15-30-17-31-25)26(33)10-21-13-29-12-20-3-1-2-4-24(20)21/h1-9,11-15,17H,10,16H2,(H,30,31). The van der Waals surface area contributed by atoms with Crippen LogP contribution in [0.1, 0.15) is 11.1 Å². The fourth-order valence-corrected chi connectivity index (χ4v) is 4.06. The van der Waals surface area contributed by atoms with Crippen molar-refractivity contribution in [2.45, 2.75) is 13.0 Å². The van der Waals surface area contributed by atoms with E-state index in [1.807, 2.05) is 60.8 Å². The van der Waals surface area contributed by atoms with Crippen molar-refractivity contribution in [3.05, 3.63) is 108 Å². The molecule has 0 aliphatic heterocycles. The Labute approximate surface area is 195 Å². The number of anilines is 1. The van der Waals surface area contributed by atoms with Gasteiger partial charge in [0.1, 0.15) is 0 Å². The molecule has 162 valence electrons. The zero-order valence-electron chi connectivity index (χ0n) is 17.6. The lowest BCUT2D eigenvalue weighted by Gasteiger charge is -2.24. The number of aromatic nitrogens is 4. The first-order valence-corrected chi connectivity index (χ1v) is 10.9. The number of imidazole rings is 1. The number of carbonyl (C=O) groups is 1. The number of rotatable bonds is 6. The number of pyridine rings is 2. The van der Waals surface area contributed by atoms with Crippen LogP contribution in [0.3, 0.4) is 0 Å². The first-order chi connectivity index (χ1) is 16.2. The van der Waals surface area contributed by atoms with Crippen molar-refractivity contribution in [3.63, 3.8) is 0 Å². The molecule has 0 fully saturated rings. The van der Waals surface area contributed by atoms with Crippen molar-refractivity contribution in [1.82, 2.24) is 19.9 Å². The average Bonchev–Trinajstić information content (AvgIpc) is 3.38. The van der Waals surface area contributed by atoms with Gasteiger partial charge in [0.05, 0.1) is 36.2 Å². The minimum atomic E-state index is -0.0394. The number of fused-ring (bicyclic) bond motifs is 1. The van der Waals surface area contributed by atoms with Crippen LogP contribution in [0.15, 0.2) is 91.9 Å². The van der Waals surface area contributed by atoms with Gasteiger partial charge in [-0.05, 0) is 40.3 Å². The van der Waals surface area contributed by atoms with Crippen LogP contribution < -0.4 is 4.90 Å². The summed E-state index contributed by atoms with van der Waals surface area (Å²) in [6, 6.07) is 17.6. The molecule has 5 rings (SSSR count). The van der Waals surface area contributed by atoms with Gasteiger partial charge in [0, 0.05) is 35.9 Å². The van der Waals surface area contributed by atoms with Crippen molar-refractivity contribution in [2.24, 2.45) is 0 Å². The summed E-state index contributed by atoms with van der Waals surface area (Å²) >= 11 is 6.14. The molecule has 0 aliphatic rings. The third kappa shape index (κ3) is 4.61. The maximum Gasteiger partial charge on any atom is 0.231 e. The molecule has 0 saturated heterocycles. The molecule has 0 bridgehead atoms. The molecule has 7 heteroatoms. The van der Waals surface area contributed by atoms with E-state index in [1.165, 1.54) is 0 Å². The third-order valence-corrected chi connectivity index (χ3v) is 5.69. The summed E-state index contributed by atoms with van der Waals surface area (Å²) in [6.45, 7) is 0.355. The molecule has 1 amide bonds. The predicted octanol–water partition coefficient (Wildman–Crippen LogP) is 5.45. The summed E-state index contributed by atoms with van der Waals surface area (Å²) in [4.78, 5) is 31.0. The van der Waals surface area contributed by atoms with E-state index in [4.69, 9.17) is 11.6 Å². The van der Waals surface area contributed by atoms with Gasteiger partial charge in [-0.1, -0.05) is 48.0 Å². The van der Waals surface area contributed by atoms with Gasteiger partial charge in [0.2, 0.25) is 5.91 Å². The molecule has 0 radical (unpaired) electrons. The second-order valence-electron chi connectivity index (χ2n) is 7.70. The van der Waals surface area contributed by atoms with Crippen molar-refractivity contribution in [3.8, 4) is 11.3 Å². The predicted molar refractivity (Wildman–Crippen MR) is 130 cm³/mol. The van der Waals surface area contributed by atoms with E-state index in [0.717, 1.165) is 38.8 Å². The highest BCUT2D eigenvalue weighted by Crippen LogP contribution is 2.25. The Morgan fingerprint density at radius 1 is 0.909 bits per heavy atom. The number of benzene rings is 2. The largest absolute Gasteiger partial charge is 0.345 e. The third-order valence-electron chi connectivity index (χ3n) is 5.48. The summed E-state index contributed by atoms with van der Waals surface area (Å²) in [7, 11) is 0. The van der Waals surface area contributed by atoms with Crippen LogP contribution in [0, 0.1) is 0 Å². The molecule has 6 nitrogen and oxygen atoms in total. The van der Waals surface area contributed by atoms with Crippen molar-refractivity contribution < 1.29 is 4.79 Å². The number of nitrogens with zero attached hydrogens (tertiary/aromatic N) is 4. The highest BCUT2D eigenvalue weighted by molar-refractivity contribution is 6.30. The molecule has 0 atom stereocenters. The second kappa shape index (κ2) is 9.22. The van der Waals surface area contributed by atoms with Crippen molar-refractivity contribution in [1.29, 1.82) is 0 Å². The van der Waals surface area contributed by atoms with Gasteiger partial charge in [0.15, 0.2) is 0 Å². The minimum Gasteiger partial charge on any atom is -0.345 e. The topological polar surface area (TPSA) is 74.8 Å². The molecule has 0 aliphatic carbocycles. The van der Waals surface area contributed by atoms with Crippen molar-refractivity contribution in [2.75, 3.05) is 4.90 Å². The van der Waals surface area contributed by atoms with Gasteiger partial charge < -0.3 is 9.88 Å². The van der Waals surface area contributed by atoms with E-state index in [0.29, 0.717) is 11.6 Å². The Bertz CT molecular complexity index is 1390. The molecule has 3 heterocycles. The fourth-order valence-electron chi connectivity index (χ4n) is 3.86. The highest BCUT2D eigenvalue weighted by atomic mass is 35.5. The van der Waals surface area contributed by atoms with Crippen LogP contribution in [0.2, 0.25) is 5.02 Å². The van der Waals surface area contributed by atoms with Crippen LogP contribution in [-0.4, -0.2) is 25.8 Å². The molecule has 1 N–H and O–H groups in total. The lowest BCUT2D eigenvalue weighted by atomic mass is 10.0. The summed E-state index contributed by atoms with van der Waals surface area (Å²) in [6.07, 6.45) is 10.5. The highest BCUT2D eigenvalue weighted by Gasteiger charge is 2.19. The molecule has 0 spiro atoms. The molecular weight excluding hydrogens is 434 g/mol. The molecular formula is C26H20ClN5O. The summed E-state index contributed by atoms with van der Waals surface area (Å²) in [5.74, 6) is -0.0394. The number of halogens is 1. The monoisotopic (exact) mass is 453 g/mol. The van der Waals surface area contributed by atoms with Crippen LogP contribution in [0.5, 0.6) is 0 Å². The molecule has 2 aromatic carbocycles. The van der Waals surface area contributed by atoms with Crippen molar-refractivity contribution >= 4 is 34.0 Å². The first kappa shape index (κ1) is 20.8. The SMILES string of the molecule is O=C(Cc1cncc2ccccc12)N(Cc1cncc(Cl)c1)c1ccc(-c2cnc[nH]2)cc1. The smallest absolute Gasteiger partial charge is 0.231 e. The van der Waals surface area contributed by atoms with E-state index in [-0.39, 0.29) is 12.3 Å². The molecule has 3 aromatic heterocycles. The van der Waals surface area contributed by atoms with Gasteiger partial charge >= 0.3 is 0 Å². The lowest BCUT2D eigenvalue weighted by molar-refractivity contribution is -0.118. The summed E-state index contributed by atoms with van der Waals surface area (Å²) in [5.41, 5.74) is 4.44. The number of hydrogen-bond acceptors (Lipinski definition) is 4. The number of carbonyl (C=O) groups excluding carboxylic acids is 1.